The molecule has 0 saturated heterocycles. The average molecular weight is 259 g/mol. The van der Waals surface area contributed by atoms with Crippen molar-refractivity contribution in [1.29, 1.82) is 0 Å². The lowest BCUT2D eigenvalue weighted by Gasteiger charge is -1.99. The molecule has 94 valence electrons. The Morgan fingerprint density at radius 3 is 2.50 bits per heavy atom. The topological polar surface area (TPSA) is 21.6 Å². The Labute approximate surface area is 112 Å². The summed E-state index contributed by atoms with van der Waals surface area (Å²) in [6, 6.07) is 12.9. The maximum Gasteiger partial charge on any atom is 0.106 e. The van der Waals surface area contributed by atoms with Gasteiger partial charge in [-0.3, -0.25) is 0 Å². The molecule has 0 amide bonds. The highest BCUT2D eigenvalue weighted by Gasteiger charge is 2.05. The van der Waals surface area contributed by atoms with Crippen molar-refractivity contribution in [3.05, 3.63) is 46.8 Å². The van der Waals surface area contributed by atoms with Crippen LogP contribution in [0.3, 0.4) is 0 Å². The molecule has 2 rings (SSSR count). The highest BCUT2D eigenvalue weighted by atomic mass is 32.1. The molecule has 0 aliphatic carbocycles. The predicted octanol–water partition coefficient (Wildman–Crippen LogP) is 4.35. The molecule has 0 fully saturated rings. The molecular formula is C15H17NOS. The summed E-state index contributed by atoms with van der Waals surface area (Å²) in [5, 5.41) is 3.96. The van der Waals surface area contributed by atoms with Crippen molar-refractivity contribution >= 4 is 17.0 Å². The molecule has 1 aromatic carbocycles. The van der Waals surface area contributed by atoms with Crippen LogP contribution in [0.4, 0.5) is 0 Å². The zero-order valence-corrected chi connectivity index (χ0v) is 11.8. The minimum Gasteiger partial charge on any atom is -0.399 e. The van der Waals surface area contributed by atoms with E-state index in [4.69, 9.17) is 4.84 Å². The lowest BCUT2D eigenvalue weighted by Crippen LogP contribution is -1.89. The van der Waals surface area contributed by atoms with E-state index in [1.54, 1.807) is 18.4 Å². The van der Waals surface area contributed by atoms with Crippen molar-refractivity contribution in [3.8, 4) is 10.4 Å². The quantitative estimate of drug-likeness (QED) is 0.591. The molecule has 1 heterocycles. The largest absolute Gasteiger partial charge is 0.399 e. The summed E-state index contributed by atoms with van der Waals surface area (Å²) in [4.78, 5) is 7.21. The molecule has 0 spiro atoms. The van der Waals surface area contributed by atoms with Gasteiger partial charge < -0.3 is 4.84 Å². The second-order valence-corrected chi connectivity index (χ2v) is 5.16. The van der Waals surface area contributed by atoms with Crippen LogP contribution < -0.4 is 0 Å². The van der Waals surface area contributed by atoms with Crippen LogP contribution in [0.15, 0.2) is 41.6 Å². The SMILES string of the molecule is CCc1ccc(-c2ccc(/C(C)=N/OC)s2)cc1. The molecule has 0 N–H and O–H groups in total. The van der Waals surface area contributed by atoms with E-state index < -0.39 is 0 Å². The van der Waals surface area contributed by atoms with Crippen LogP contribution in [-0.4, -0.2) is 12.8 Å². The number of aryl methyl sites for hydroxylation is 1. The van der Waals surface area contributed by atoms with E-state index in [1.807, 2.05) is 6.92 Å². The summed E-state index contributed by atoms with van der Waals surface area (Å²) in [6.07, 6.45) is 1.08. The van der Waals surface area contributed by atoms with Gasteiger partial charge in [-0.05, 0) is 36.6 Å². The zero-order chi connectivity index (χ0) is 13.0. The first-order valence-electron chi connectivity index (χ1n) is 6.02. The molecule has 0 aliphatic rings. The van der Waals surface area contributed by atoms with E-state index >= 15 is 0 Å². The minimum atomic E-state index is 0.916. The number of nitrogens with zero attached hydrogens (tertiary/aromatic N) is 1. The van der Waals surface area contributed by atoms with E-state index in [2.05, 4.69) is 48.5 Å². The fraction of sp³-hybridized carbons (Fsp3) is 0.267. The third-order valence-corrected chi connectivity index (χ3v) is 4.08. The van der Waals surface area contributed by atoms with Crippen molar-refractivity contribution in [2.75, 3.05) is 7.11 Å². The number of benzene rings is 1. The normalized spacial score (nSPS) is 11.6. The van der Waals surface area contributed by atoms with Crippen LogP contribution in [0.2, 0.25) is 0 Å². The molecule has 0 unspecified atom stereocenters. The number of rotatable bonds is 4. The Kier molecular flexibility index (Phi) is 4.15. The highest BCUT2D eigenvalue weighted by Crippen LogP contribution is 2.28. The Balaban J connectivity index is 2.26. The zero-order valence-electron chi connectivity index (χ0n) is 10.9. The third kappa shape index (κ3) is 2.79. The molecule has 3 heteroatoms. The predicted molar refractivity (Wildman–Crippen MR) is 78.4 cm³/mol. The highest BCUT2D eigenvalue weighted by molar-refractivity contribution is 7.17. The second-order valence-electron chi connectivity index (χ2n) is 4.07. The van der Waals surface area contributed by atoms with Gasteiger partial charge >= 0.3 is 0 Å². The number of hydrogen-bond donors (Lipinski definition) is 0. The fourth-order valence-corrected chi connectivity index (χ4v) is 2.72. The maximum atomic E-state index is 4.80. The van der Waals surface area contributed by atoms with Crippen molar-refractivity contribution < 1.29 is 4.84 Å². The van der Waals surface area contributed by atoms with Crippen molar-refractivity contribution in [3.63, 3.8) is 0 Å². The van der Waals surface area contributed by atoms with Crippen LogP contribution in [0.5, 0.6) is 0 Å². The molecule has 0 aliphatic heterocycles. The van der Waals surface area contributed by atoms with Crippen molar-refractivity contribution in [2.45, 2.75) is 20.3 Å². The molecule has 2 nitrogen and oxygen atoms in total. The van der Waals surface area contributed by atoms with E-state index in [1.165, 1.54) is 16.0 Å². The summed E-state index contributed by atoms with van der Waals surface area (Å²) in [5.74, 6) is 0. The van der Waals surface area contributed by atoms with Gasteiger partial charge in [0.05, 0.1) is 10.6 Å². The molecule has 0 radical (unpaired) electrons. The first kappa shape index (κ1) is 12.8. The van der Waals surface area contributed by atoms with Crippen LogP contribution in [0.25, 0.3) is 10.4 Å². The Morgan fingerprint density at radius 2 is 1.89 bits per heavy atom. The van der Waals surface area contributed by atoms with Gasteiger partial charge in [0, 0.05) is 4.88 Å². The van der Waals surface area contributed by atoms with E-state index in [9.17, 15) is 0 Å². The number of hydrogen-bond acceptors (Lipinski definition) is 3. The van der Waals surface area contributed by atoms with Gasteiger partial charge in [0.1, 0.15) is 7.11 Å². The van der Waals surface area contributed by atoms with Gasteiger partial charge in [0.2, 0.25) is 0 Å². The minimum absolute atomic E-state index is 0.916. The molecule has 18 heavy (non-hydrogen) atoms. The summed E-state index contributed by atoms with van der Waals surface area (Å²) >= 11 is 1.74. The monoisotopic (exact) mass is 259 g/mol. The van der Waals surface area contributed by atoms with E-state index in [-0.39, 0.29) is 0 Å². The van der Waals surface area contributed by atoms with Gasteiger partial charge in [-0.25, -0.2) is 0 Å². The van der Waals surface area contributed by atoms with Crippen LogP contribution in [0, 0.1) is 0 Å². The summed E-state index contributed by atoms with van der Waals surface area (Å²) in [5.41, 5.74) is 3.54. The van der Waals surface area contributed by atoms with Crippen LogP contribution in [0.1, 0.15) is 24.3 Å². The third-order valence-electron chi connectivity index (χ3n) is 2.84. The second kappa shape index (κ2) is 5.83. The van der Waals surface area contributed by atoms with Crippen molar-refractivity contribution in [1.82, 2.24) is 0 Å². The molecule has 0 bridgehead atoms. The van der Waals surface area contributed by atoms with Gasteiger partial charge in [-0.2, -0.15) is 0 Å². The first-order chi connectivity index (χ1) is 8.74. The van der Waals surface area contributed by atoms with Gasteiger partial charge in [0.25, 0.3) is 0 Å². The molecule has 0 saturated carbocycles. The van der Waals surface area contributed by atoms with Gasteiger partial charge in [-0.1, -0.05) is 36.3 Å². The molecule has 0 atom stereocenters. The average Bonchev–Trinajstić information content (AvgIpc) is 2.89. The summed E-state index contributed by atoms with van der Waals surface area (Å²) in [6.45, 7) is 4.13. The first-order valence-corrected chi connectivity index (χ1v) is 6.83. The molecular weight excluding hydrogens is 242 g/mol. The van der Waals surface area contributed by atoms with Gasteiger partial charge in [-0.15, -0.1) is 11.3 Å². The molecule has 2 aromatic rings. The van der Waals surface area contributed by atoms with Crippen LogP contribution >= 0.6 is 11.3 Å². The maximum absolute atomic E-state index is 4.80. The Morgan fingerprint density at radius 1 is 1.17 bits per heavy atom. The van der Waals surface area contributed by atoms with Crippen molar-refractivity contribution in [2.24, 2.45) is 5.16 Å². The number of thiophene rings is 1. The van der Waals surface area contributed by atoms with E-state index in [0.717, 1.165) is 17.0 Å². The lowest BCUT2D eigenvalue weighted by atomic mass is 10.1. The smallest absolute Gasteiger partial charge is 0.106 e. The van der Waals surface area contributed by atoms with Crippen LogP contribution in [-0.2, 0) is 11.3 Å². The number of oxime groups is 1. The summed E-state index contributed by atoms with van der Waals surface area (Å²) in [7, 11) is 1.57. The summed E-state index contributed by atoms with van der Waals surface area (Å²) < 4.78 is 0. The standard InChI is InChI=1S/C15H17NOS/c1-4-12-5-7-13(8-6-12)15-10-9-14(18-15)11(2)16-17-3/h5-10H,4H2,1-3H3/b16-11+. The molecule has 1 aromatic heterocycles. The Hall–Kier alpha value is -1.61. The fourth-order valence-electron chi connectivity index (χ4n) is 1.77. The lowest BCUT2D eigenvalue weighted by molar-refractivity contribution is 0.213. The Bertz CT molecular complexity index is 540. The van der Waals surface area contributed by atoms with E-state index in [0.29, 0.717) is 0 Å². The van der Waals surface area contributed by atoms with Gasteiger partial charge in [0.15, 0.2) is 0 Å².